The number of rotatable bonds is 5. The molecule has 3 N–H and O–H groups in total. The van der Waals surface area contributed by atoms with Gasteiger partial charge in [0.15, 0.2) is 11.5 Å². The Balaban J connectivity index is 2.68. The van der Waals surface area contributed by atoms with E-state index in [0.29, 0.717) is 18.9 Å². The highest BCUT2D eigenvalue weighted by Gasteiger charge is 2.02. The third kappa shape index (κ3) is 2.92. The smallest absolute Gasteiger partial charge is 0.160 e. The van der Waals surface area contributed by atoms with E-state index >= 15 is 0 Å². The van der Waals surface area contributed by atoms with Gasteiger partial charge in [-0.3, -0.25) is 0 Å². The Labute approximate surface area is 84.5 Å². The predicted molar refractivity (Wildman–Crippen MR) is 56.7 cm³/mol. The van der Waals surface area contributed by atoms with Crippen LogP contribution in [0.2, 0.25) is 0 Å². The molecule has 0 aliphatic carbocycles. The van der Waals surface area contributed by atoms with Crippen molar-refractivity contribution in [3.05, 3.63) is 23.8 Å². The average Bonchev–Trinajstić information content (AvgIpc) is 2.17. The van der Waals surface area contributed by atoms with E-state index < -0.39 is 0 Å². The molecule has 0 bridgehead atoms. The van der Waals surface area contributed by atoms with E-state index in [-0.39, 0.29) is 5.75 Å². The predicted octanol–water partition coefficient (Wildman–Crippen LogP) is 1.68. The summed E-state index contributed by atoms with van der Waals surface area (Å²) in [5.74, 6) is 0.747. The highest BCUT2D eigenvalue weighted by molar-refractivity contribution is 5.41. The third-order valence-electron chi connectivity index (χ3n) is 1.92. The van der Waals surface area contributed by atoms with Crippen LogP contribution in [-0.2, 0) is 6.42 Å². The number of phenolic OH excluding ortho intramolecular Hbond substituents is 1. The molecule has 0 amide bonds. The van der Waals surface area contributed by atoms with E-state index in [2.05, 4.69) is 0 Å². The lowest BCUT2D eigenvalue weighted by molar-refractivity contribution is 0.299. The fourth-order valence-corrected chi connectivity index (χ4v) is 1.22. The van der Waals surface area contributed by atoms with Crippen molar-refractivity contribution in [1.82, 2.24) is 0 Å². The Kier molecular flexibility index (Phi) is 4.26. The Morgan fingerprint density at radius 1 is 1.43 bits per heavy atom. The van der Waals surface area contributed by atoms with Gasteiger partial charge in [0.05, 0.1) is 6.61 Å². The van der Waals surface area contributed by atoms with Crippen LogP contribution in [0.1, 0.15) is 18.9 Å². The highest BCUT2D eigenvalue weighted by atomic mass is 16.5. The maximum Gasteiger partial charge on any atom is 0.160 e. The van der Waals surface area contributed by atoms with E-state index in [1.165, 1.54) is 0 Å². The molecule has 0 unspecified atom stereocenters. The minimum absolute atomic E-state index is 0.199. The van der Waals surface area contributed by atoms with Gasteiger partial charge < -0.3 is 15.6 Å². The van der Waals surface area contributed by atoms with Crippen LogP contribution in [0.25, 0.3) is 0 Å². The van der Waals surface area contributed by atoms with Gasteiger partial charge in [-0.15, -0.1) is 0 Å². The van der Waals surface area contributed by atoms with Crippen molar-refractivity contribution in [1.29, 1.82) is 0 Å². The number of ether oxygens (including phenoxy) is 1. The highest BCUT2D eigenvalue weighted by Crippen LogP contribution is 2.26. The summed E-state index contributed by atoms with van der Waals surface area (Å²) in [7, 11) is 0. The molecule has 0 heterocycles. The second-order valence-electron chi connectivity index (χ2n) is 3.19. The Hall–Kier alpha value is -1.22. The average molecular weight is 195 g/mol. The van der Waals surface area contributed by atoms with Gasteiger partial charge in [0.2, 0.25) is 0 Å². The van der Waals surface area contributed by atoms with Gasteiger partial charge in [-0.25, -0.2) is 0 Å². The van der Waals surface area contributed by atoms with Crippen molar-refractivity contribution in [3.63, 3.8) is 0 Å². The van der Waals surface area contributed by atoms with E-state index in [4.69, 9.17) is 10.5 Å². The van der Waals surface area contributed by atoms with Crippen molar-refractivity contribution >= 4 is 0 Å². The van der Waals surface area contributed by atoms with Crippen molar-refractivity contribution < 1.29 is 9.84 Å². The molecule has 0 aliphatic rings. The Bertz CT molecular complexity index is 287. The number of phenols is 1. The summed E-state index contributed by atoms with van der Waals surface area (Å²) in [6.07, 6.45) is 1.71. The van der Waals surface area contributed by atoms with E-state index in [1.54, 1.807) is 12.1 Å². The Morgan fingerprint density at radius 2 is 2.21 bits per heavy atom. The molecule has 0 saturated carbocycles. The van der Waals surface area contributed by atoms with Gasteiger partial charge in [-0.2, -0.15) is 0 Å². The lowest BCUT2D eigenvalue weighted by Crippen LogP contribution is -2.02. The number of aromatic hydroxyl groups is 1. The second-order valence-corrected chi connectivity index (χ2v) is 3.19. The molecule has 78 valence electrons. The molecule has 3 heteroatoms. The first-order valence-corrected chi connectivity index (χ1v) is 4.92. The summed E-state index contributed by atoms with van der Waals surface area (Å²) >= 11 is 0. The minimum Gasteiger partial charge on any atom is -0.504 e. The van der Waals surface area contributed by atoms with Crippen molar-refractivity contribution in [2.45, 2.75) is 19.8 Å². The summed E-state index contributed by atoms with van der Waals surface area (Å²) in [6, 6.07) is 5.42. The van der Waals surface area contributed by atoms with Crippen LogP contribution in [0, 0.1) is 0 Å². The Morgan fingerprint density at radius 3 is 2.79 bits per heavy atom. The summed E-state index contributed by atoms with van der Waals surface area (Å²) in [6.45, 7) is 3.25. The summed E-state index contributed by atoms with van der Waals surface area (Å²) in [4.78, 5) is 0. The van der Waals surface area contributed by atoms with Crippen molar-refractivity contribution in [2.75, 3.05) is 13.2 Å². The molecule has 1 aromatic rings. The van der Waals surface area contributed by atoms with Crippen LogP contribution < -0.4 is 10.5 Å². The fraction of sp³-hybridized carbons (Fsp3) is 0.455. The quantitative estimate of drug-likeness (QED) is 0.751. The van der Waals surface area contributed by atoms with E-state index in [9.17, 15) is 5.11 Å². The standard InChI is InChI=1S/C11H17NO2/c1-2-7-14-11-4-3-9(5-6-12)8-10(11)13/h3-4,8,13H,2,5-7,12H2,1H3. The first-order chi connectivity index (χ1) is 6.77. The fourth-order valence-electron chi connectivity index (χ4n) is 1.22. The summed E-state index contributed by atoms with van der Waals surface area (Å²) in [5, 5.41) is 9.58. The topological polar surface area (TPSA) is 55.5 Å². The zero-order chi connectivity index (χ0) is 10.4. The van der Waals surface area contributed by atoms with Crippen LogP contribution in [0.3, 0.4) is 0 Å². The maximum absolute atomic E-state index is 9.58. The van der Waals surface area contributed by atoms with Crippen LogP contribution >= 0.6 is 0 Å². The van der Waals surface area contributed by atoms with Crippen molar-refractivity contribution in [3.8, 4) is 11.5 Å². The molecule has 14 heavy (non-hydrogen) atoms. The number of hydrogen-bond acceptors (Lipinski definition) is 3. The van der Waals surface area contributed by atoms with Crippen LogP contribution in [-0.4, -0.2) is 18.3 Å². The van der Waals surface area contributed by atoms with Crippen LogP contribution in [0.5, 0.6) is 11.5 Å². The number of nitrogens with two attached hydrogens (primary N) is 1. The zero-order valence-corrected chi connectivity index (χ0v) is 8.49. The van der Waals surface area contributed by atoms with Crippen molar-refractivity contribution in [2.24, 2.45) is 5.73 Å². The SMILES string of the molecule is CCCOc1ccc(CCN)cc1O. The lowest BCUT2D eigenvalue weighted by Gasteiger charge is -2.08. The molecule has 0 saturated heterocycles. The first kappa shape index (κ1) is 10.9. The molecule has 0 spiro atoms. The van der Waals surface area contributed by atoms with Crippen LogP contribution in [0.15, 0.2) is 18.2 Å². The summed E-state index contributed by atoms with van der Waals surface area (Å²) < 4.78 is 5.34. The number of benzene rings is 1. The molecule has 1 aromatic carbocycles. The zero-order valence-electron chi connectivity index (χ0n) is 8.49. The minimum atomic E-state index is 0.199. The largest absolute Gasteiger partial charge is 0.504 e. The normalized spacial score (nSPS) is 10.1. The third-order valence-corrected chi connectivity index (χ3v) is 1.92. The first-order valence-electron chi connectivity index (χ1n) is 4.92. The van der Waals surface area contributed by atoms with Gasteiger partial charge in [0.25, 0.3) is 0 Å². The molecular formula is C11H17NO2. The van der Waals surface area contributed by atoms with E-state index in [0.717, 1.165) is 18.4 Å². The lowest BCUT2D eigenvalue weighted by atomic mass is 10.1. The second kappa shape index (κ2) is 5.50. The van der Waals surface area contributed by atoms with E-state index in [1.807, 2.05) is 13.0 Å². The van der Waals surface area contributed by atoms with Gasteiger partial charge >= 0.3 is 0 Å². The van der Waals surface area contributed by atoms with Gasteiger partial charge in [-0.05, 0) is 37.1 Å². The molecular weight excluding hydrogens is 178 g/mol. The monoisotopic (exact) mass is 195 g/mol. The maximum atomic E-state index is 9.58. The van der Waals surface area contributed by atoms with Crippen LogP contribution in [0.4, 0.5) is 0 Å². The van der Waals surface area contributed by atoms with Gasteiger partial charge in [0, 0.05) is 0 Å². The molecule has 0 radical (unpaired) electrons. The molecule has 1 rings (SSSR count). The van der Waals surface area contributed by atoms with Gasteiger partial charge in [-0.1, -0.05) is 13.0 Å². The number of hydrogen-bond donors (Lipinski definition) is 2. The molecule has 0 fully saturated rings. The molecule has 0 atom stereocenters. The molecule has 3 nitrogen and oxygen atoms in total. The molecule has 0 aliphatic heterocycles. The summed E-state index contributed by atoms with van der Waals surface area (Å²) in [5.41, 5.74) is 6.45. The van der Waals surface area contributed by atoms with Gasteiger partial charge in [0.1, 0.15) is 0 Å². The molecule has 0 aromatic heterocycles.